The van der Waals surface area contributed by atoms with Gasteiger partial charge in [0.1, 0.15) is 0 Å². The molecule has 158 valence electrons. The summed E-state index contributed by atoms with van der Waals surface area (Å²) in [5.41, 5.74) is 0. The third-order valence-electron chi connectivity index (χ3n) is 5.64. The molecule has 2 heteroatoms. The average Bonchev–Trinajstić information content (AvgIpc) is 2.59. The standard InChI is InChI=1S/C24H52OSi/c1-4-5-6-7-8-9-10-11-12-13-14-15-16-17-18-19-20-21-22-23-24-26(2,3)25/h25H,4-24H2,1-3H3. The van der Waals surface area contributed by atoms with Crippen molar-refractivity contribution in [2.75, 3.05) is 0 Å². The topological polar surface area (TPSA) is 20.2 Å². The smallest absolute Gasteiger partial charge is 0.182 e. The molecule has 26 heavy (non-hydrogen) atoms. The van der Waals surface area contributed by atoms with Gasteiger partial charge in [-0.25, -0.2) is 0 Å². The molecule has 0 radical (unpaired) electrons. The molecule has 0 bridgehead atoms. The fourth-order valence-corrected chi connectivity index (χ4v) is 4.93. The predicted molar refractivity (Wildman–Crippen MR) is 123 cm³/mol. The molecular formula is C24H52OSi. The first-order valence-corrected chi connectivity index (χ1v) is 15.4. The lowest BCUT2D eigenvalue weighted by atomic mass is 10.0. The largest absolute Gasteiger partial charge is 0.432 e. The Bertz CT molecular complexity index is 259. The summed E-state index contributed by atoms with van der Waals surface area (Å²) in [6.45, 7) is 6.41. The first-order valence-electron chi connectivity index (χ1n) is 12.3. The van der Waals surface area contributed by atoms with Crippen LogP contribution in [0.3, 0.4) is 0 Å². The van der Waals surface area contributed by atoms with Crippen LogP contribution in [0.25, 0.3) is 0 Å². The molecule has 0 aromatic heterocycles. The van der Waals surface area contributed by atoms with Crippen LogP contribution in [-0.4, -0.2) is 13.1 Å². The van der Waals surface area contributed by atoms with Crippen LogP contribution in [0.2, 0.25) is 19.1 Å². The summed E-state index contributed by atoms with van der Waals surface area (Å²) in [6.07, 6.45) is 28.7. The molecule has 0 aliphatic rings. The summed E-state index contributed by atoms with van der Waals surface area (Å²) in [6, 6.07) is 1.09. The first kappa shape index (κ1) is 26.2. The summed E-state index contributed by atoms with van der Waals surface area (Å²) in [7, 11) is -1.77. The van der Waals surface area contributed by atoms with Gasteiger partial charge < -0.3 is 4.80 Å². The maximum absolute atomic E-state index is 9.81. The molecule has 0 saturated carbocycles. The van der Waals surface area contributed by atoms with E-state index in [-0.39, 0.29) is 0 Å². The summed E-state index contributed by atoms with van der Waals surface area (Å²) >= 11 is 0. The Labute approximate surface area is 167 Å². The average molecular weight is 385 g/mol. The van der Waals surface area contributed by atoms with Crippen molar-refractivity contribution in [1.82, 2.24) is 0 Å². The second-order valence-electron chi connectivity index (χ2n) is 9.28. The van der Waals surface area contributed by atoms with E-state index in [1.807, 2.05) is 0 Å². The SMILES string of the molecule is CCCCCCCCCCCCCCCCCCCCCC[Si](C)(C)O. The van der Waals surface area contributed by atoms with Gasteiger partial charge in [-0.3, -0.25) is 0 Å². The molecule has 0 amide bonds. The zero-order valence-corrected chi connectivity index (χ0v) is 19.8. The fraction of sp³-hybridized carbons (Fsp3) is 1.00. The lowest BCUT2D eigenvalue weighted by Crippen LogP contribution is -2.23. The maximum Gasteiger partial charge on any atom is 0.182 e. The second-order valence-corrected chi connectivity index (χ2v) is 13.4. The van der Waals surface area contributed by atoms with Gasteiger partial charge in [0, 0.05) is 0 Å². The number of hydrogen-bond donors (Lipinski definition) is 1. The number of hydrogen-bond acceptors (Lipinski definition) is 1. The molecule has 0 aromatic carbocycles. The third kappa shape index (κ3) is 24.2. The van der Waals surface area contributed by atoms with E-state index in [2.05, 4.69) is 20.0 Å². The molecule has 0 aliphatic carbocycles. The van der Waals surface area contributed by atoms with Gasteiger partial charge >= 0.3 is 0 Å². The minimum atomic E-state index is -1.77. The summed E-state index contributed by atoms with van der Waals surface area (Å²) in [5, 5.41) is 0. The van der Waals surface area contributed by atoms with Crippen LogP contribution < -0.4 is 0 Å². The van der Waals surface area contributed by atoms with Gasteiger partial charge in [-0.05, 0) is 19.1 Å². The van der Waals surface area contributed by atoms with E-state index in [1.165, 1.54) is 128 Å². The quantitative estimate of drug-likeness (QED) is 0.154. The number of unbranched alkanes of at least 4 members (excludes halogenated alkanes) is 19. The van der Waals surface area contributed by atoms with Crippen molar-refractivity contribution < 1.29 is 4.80 Å². The molecule has 0 unspecified atom stereocenters. The van der Waals surface area contributed by atoms with E-state index >= 15 is 0 Å². The van der Waals surface area contributed by atoms with E-state index < -0.39 is 8.32 Å². The molecule has 0 atom stereocenters. The van der Waals surface area contributed by atoms with E-state index in [0.29, 0.717) is 0 Å². The van der Waals surface area contributed by atoms with Crippen molar-refractivity contribution in [1.29, 1.82) is 0 Å². The van der Waals surface area contributed by atoms with Crippen molar-refractivity contribution in [3.05, 3.63) is 0 Å². The van der Waals surface area contributed by atoms with Crippen LogP contribution in [0.1, 0.15) is 135 Å². The second kappa shape index (κ2) is 19.9. The maximum atomic E-state index is 9.81. The van der Waals surface area contributed by atoms with E-state index in [9.17, 15) is 4.80 Å². The minimum absolute atomic E-state index is 1.09. The van der Waals surface area contributed by atoms with Gasteiger partial charge in [-0.1, -0.05) is 135 Å². The first-order chi connectivity index (χ1) is 12.6. The minimum Gasteiger partial charge on any atom is -0.432 e. The monoisotopic (exact) mass is 384 g/mol. The van der Waals surface area contributed by atoms with Crippen LogP contribution in [0.4, 0.5) is 0 Å². The van der Waals surface area contributed by atoms with Crippen molar-refractivity contribution in [2.24, 2.45) is 0 Å². The normalized spacial score (nSPS) is 12.0. The number of rotatable bonds is 21. The van der Waals surface area contributed by atoms with Crippen LogP contribution in [0.15, 0.2) is 0 Å². The van der Waals surface area contributed by atoms with E-state index in [1.54, 1.807) is 0 Å². The van der Waals surface area contributed by atoms with Gasteiger partial charge in [0.2, 0.25) is 0 Å². The summed E-state index contributed by atoms with van der Waals surface area (Å²) in [4.78, 5) is 9.81. The highest BCUT2D eigenvalue weighted by atomic mass is 28.4. The zero-order chi connectivity index (χ0) is 19.3. The van der Waals surface area contributed by atoms with Crippen LogP contribution in [0.5, 0.6) is 0 Å². The molecule has 0 spiro atoms. The lowest BCUT2D eigenvalue weighted by molar-refractivity contribution is 0.519. The fourth-order valence-electron chi connectivity index (χ4n) is 3.81. The predicted octanol–water partition coefficient (Wildman–Crippen LogP) is 9.01. The lowest BCUT2D eigenvalue weighted by Gasteiger charge is -2.12. The Morgan fingerprint density at radius 1 is 0.423 bits per heavy atom. The third-order valence-corrected chi connectivity index (χ3v) is 7.22. The van der Waals surface area contributed by atoms with Crippen LogP contribution in [-0.2, 0) is 0 Å². The molecule has 1 N–H and O–H groups in total. The molecule has 0 saturated heterocycles. The Morgan fingerprint density at radius 2 is 0.654 bits per heavy atom. The van der Waals surface area contributed by atoms with Gasteiger partial charge in [0.25, 0.3) is 0 Å². The molecule has 1 nitrogen and oxygen atoms in total. The van der Waals surface area contributed by atoms with Gasteiger partial charge in [0.05, 0.1) is 0 Å². The summed E-state index contributed by atoms with van der Waals surface area (Å²) < 4.78 is 0. The van der Waals surface area contributed by atoms with Gasteiger partial charge in [-0.2, -0.15) is 0 Å². The molecule has 0 fully saturated rings. The molecule has 0 rings (SSSR count). The molecular weight excluding hydrogens is 332 g/mol. The van der Waals surface area contributed by atoms with E-state index in [4.69, 9.17) is 0 Å². The van der Waals surface area contributed by atoms with Gasteiger partial charge in [0.15, 0.2) is 8.32 Å². The van der Waals surface area contributed by atoms with Gasteiger partial charge in [-0.15, -0.1) is 0 Å². The highest BCUT2D eigenvalue weighted by Crippen LogP contribution is 2.16. The zero-order valence-electron chi connectivity index (χ0n) is 18.8. The Balaban J connectivity index is 3.01. The Kier molecular flexibility index (Phi) is 20.1. The van der Waals surface area contributed by atoms with Crippen molar-refractivity contribution in [2.45, 2.75) is 154 Å². The van der Waals surface area contributed by atoms with E-state index in [0.717, 1.165) is 6.04 Å². The van der Waals surface area contributed by atoms with Crippen LogP contribution in [0, 0.1) is 0 Å². The Hall–Kier alpha value is 0.177. The summed E-state index contributed by atoms with van der Waals surface area (Å²) in [5.74, 6) is 0. The van der Waals surface area contributed by atoms with Crippen molar-refractivity contribution in [3.8, 4) is 0 Å². The van der Waals surface area contributed by atoms with Crippen molar-refractivity contribution >= 4 is 8.32 Å². The Morgan fingerprint density at radius 3 is 0.885 bits per heavy atom. The van der Waals surface area contributed by atoms with Crippen molar-refractivity contribution in [3.63, 3.8) is 0 Å². The van der Waals surface area contributed by atoms with Crippen LogP contribution >= 0.6 is 0 Å². The molecule has 0 heterocycles. The highest BCUT2D eigenvalue weighted by molar-refractivity contribution is 6.69. The molecule has 0 aliphatic heterocycles. The highest BCUT2D eigenvalue weighted by Gasteiger charge is 2.15. The molecule has 0 aromatic rings.